The largest absolute Gasteiger partial charge is 0.341 e. The maximum Gasteiger partial charge on any atom is 0.160 e. The molecule has 0 aliphatic carbocycles. The van der Waals surface area contributed by atoms with Crippen molar-refractivity contribution in [2.75, 3.05) is 0 Å². The number of thiophene rings is 1. The molecule has 0 aliphatic heterocycles. The fourth-order valence-corrected chi connectivity index (χ4v) is 2.84. The van der Waals surface area contributed by atoms with Gasteiger partial charge in [-0.25, -0.2) is 4.98 Å². The predicted octanol–water partition coefficient (Wildman–Crippen LogP) is 3.58. The van der Waals surface area contributed by atoms with Gasteiger partial charge in [0.25, 0.3) is 0 Å². The van der Waals surface area contributed by atoms with Crippen molar-refractivity contribution < 1.29 is 4.79 Å². The molecule has 0 amide bonds. The second-order valence-electron chi connectivity index (χ2n) is 4.32. The number of imidazole rings is 1. The number of pyridine rings is 1. The number of hydrogen-bond acceptors (Lipinski definition) is 4. The zero-order valence-corrected chi connectivity index (χ0v) is 11.8. The molecule has 0 fully saturated rings. The molecule has 3 rings (SSSR count). The monoisotopic (exact) mass is 283 g/mol. The molecule has 0 aromatic carbocycles. The summed E-state index contributed by atoms with van der Waals surface area (Å²) in [4.78, 5) is 23.9. The third-order valence-electron chi connectivity index (χ3n) is 3.12. The molecule has 3 heterocycles. The van der Waals surface area contributed by atoms with Crippen LogP contribution in [0.15, 0.2) is 36.0 Å². The summed E-state index contributed by atoms with van der Waals surface area (Å²) in [5, 5.41) is 1.90. The van der Waals surface area contributed by atoms with Crippen molar-refractivity contribution in [1.29, 1.82) is 0 Å². The number of carbonyl (C=O) groups excluding carboxylic acids is 1. The number of aryl methyl sites for hydroxylation is 1. The molecule has 20 heavy (non-hydrogen) atoms. The molecule has 0 bridgehead atoms. The summed E-state index contributed by atoms with van der Waals surface area (Å²) in [5.74, 6) is 0.740. The van der Waals surface area contributed by atoms with E-state index in [4.69, 9.17) is 0 Å². The van der Waals surface area contributed by atoms with Crippen LogP contribution in [0.4, 0.5) is 0 Å². The molecule has 0 saturated heterocycles. The Hall–Kier alpha value is -2.27. The first-order chi connectivity index (χ1) is 9.83. The third kappa shape index (κ3) is 2.16. The Kier molecular flexibility index (Phi) is 3.43. The van der Waals surface area contributed by atoms with Crippen LogP contribution in [0.1, 0.15) is 22.3 Å². The number of aromatic nitrogens is 3. The smallest absolute Gasteiger partial charge is 0.160 e. The number of nitrogens with zero attached hydrogens (tertiary/aromatic N) is 2. The molecule has 0 spiro atoms. The molecule has 4 nitrogen and oxygen atoms in total. The minimum Gasteiger partial charge on any atom is -0.341 e. The normalized spacial score (nSPS) is 10.7. The fraction of sp³-hybridized carbons (Fsp3) is 0.133. The van der Waals surface area contributed by atoms with Crippen molar-refractivity contribution in [1.82, 2.24) is 15.0 Å². The Balaban J connectivity index is 2.12. The minimum atomic E-state index is 0.694. The molecule has 3 aromatic heterocycles. The van der Waals surface area contributed by atoms with Gasteiger partial charge in [0.1, 0.15) is 5.82 Å². The fourth-order valence-electron chi connectivity index (χ4n) is 2.14. The molecule has 0 aliphatic rings. The van der Waals surface area contributed by atoms with Gasteiger partial charge in [-0.05, 0) is 30.0 Å². The van der Waals surface area contributed by atoms with Crippen LogP contribution in [-0.2, 0) is 6.42 Å². The first-order valence-electron chi connectivity index (χ1n) is 6.35. The zero-order valence-electron chi connectivity index (χ0n) is 11.0. The molecular formula is C15H13N3OS. The number of aldehydes is 1. The highest BCUT2D eigenvalue weighted by Gasteiger charge is 2.15. The molecule has 0 unspecified atom stereocenters. The second-order valence-corrected chi connectivity index (χ2v) is 5.27. The van der Waals surface area contributed by atoms with Crippen LogP contribution in [0.3, 0.4) is 0 Å². The van der Waals surface area contributed by atoms with E-state index in [1.807, 2.05) is 23.6 Å². The van der Waals surface area contributed by atoms with Gasteiger partial charge in [-0.2, -0.15) is 0 Å². The van der Waals surface area contributed by atoms with Gasteiger partial charge >= 0.3 is 0 Å². The maximum atomic E-state index is 11.1. The van der Waals surface area contributed by atoms with E-state index >= 15 is 0 Å². The van der Waals surface area contributed by atoms with Gasteiger partial charge in [-0.15, -0.1) is 11.3 Å². The van der Waals surface area contributed by atoms with Crippen LogP contribution in [0, 0.1) is 0 Å². The predicted molar refractivity (Wildman–Crippen MR) is 79.9 cm³/mol. The quantitative estimate of drug-likeness (QED) is 0.745. The lowest BCUT2D eigenvalue weighted by Crippen LogP contribution is -1.86. The van der Waals surface area contributed by atoms with Gasteiger partial charge in [-0.3, -0.25) is 9.78 Å². The van der Waals surface area contributed by atoms with Gasteiger partial charge in [0.05, 0.1) is 10.6 Å². The highest BCUT2D eigenvalue weighted by atomic mass is 32.1. The molecule has 100 valence electrons. The van der Waals surface area contributed by atoms with Crippen molar-refractivity contribution in [3.8, 4) is 22.6 Å². The van der Waals surface area contributed by atoms with E-state index < -0.39 is 0 Å². The van der Waals surface area contributed by atoms with Gasteiger partial charge in [0.2, 0.25) is 0 Å². The molecule has 5 heteroatoms. The van der Waals surface area contributed by atoms with Crippen molar-refractivity contribution in [3.05, 3.63) is 46.5 Å². The molecular weight excluding hydrogens is 270 g/mol. The van der Waals surface area contributed by atoms with Crippen molar-refractivity contribution in [2.45, 2.75) is 13.3 Å². The average molecular weight is 283 g/mol. The SMILES string of the molecule is CCc1[nH]c(-c2ccsc2C=O)nc1-c1cccnc1. The molecule has 0 atom stereocenters. The third-order valence-corrected chi connectivity index (χ3v) is 3.97. The lowest BCUT2D eigenvalue weighted by molar-refractivity contribution is 0.112. The lowest BCUT2D eigenvalue weighted by atomic mass is 10.1. The van der Waals surface area contributed by atoms with Crippen LogP contribution >= 0.6 is 11.3 Å². The van der Waals surface area contributed by atoms with Crippen LogP contribution in [0.2, 0.25) is 0 Å². The molecule has 0 saturated carbocycles. The standard InChI is InChI=1S/C15H13N3OS/c1-2-12-14(10-4-3-6-16-8-10)18-15(17-12)11-5-7-20-13(11)9-19/h3-9H,2H2,1H3,(H,17,18). The maximum absolute atomic E-state index is 11.1. The summed E-state index contributed by atoms with van der Waals surface area (Å²) in [6.07, 6.45) is 5.26. The Labute approximate surface area is 120 Å². The average Bonchev–Trinajstić information content (AvgIpc) is 3.13. The Morgan fingerprint density at radius 1 is 1.40 bits per heavy atom. The van der Waals surface area contributed by atoms with E-state index in [9.17, 15) is 4.79 Å². The Bertz CT molecular complexity index is 731. The van der Waals surface area contributed by atoms with E-state index in [2.05, 4.69) is 21.9 Å². The summed E-state index contributed by atoms with van der Waals surface area (Å²) in [6.45, 7) is 2.07. The highest BCUT2D eigenvalue weighted by Crippen LogP contribution is 2.29. The zero-order chi connectivity index (χ0) is 13.9. The van der Waals surface area contributed by atoms with Gasteiger partial charge in [-0.1, -0.05) is 6.92 Å². The summed E-state index contributed by atoms with van der Waals surface area (Å²) in [5.41, 5.74) is 3.79. The van der Waals surface area contributed by atoms with E-state index in [1.165, 1.54) is 11.3 Å². The van der Waals surface area contributed by atoms with E-state index in [1.54, 1.807) is 12.4 Å². The summed E-state index contributed by atoms with van der Waals surface area (Å²) >= 11 is 1.42. The van der Waals surface area contributed by atoms with Crippen molar-refractivity contribution in [3.63, 3.8) is 0 Å². The van der Waals surface area contributed by atoms with Crippen LogP contribution in [-0.4, -0.2) is 21.2 Å². The van der Waals surface area contributed by atoms with Gasteiger partial charge < -0.3 is 4.98 Å². The summed E-state index contributed by atoms with van der Waals surface area (Å²) < 4.78 is 0. The molecule has 0 radical (unpaired) electrons. The number of hydrogen-bond donors (Lipinski definition) is 1. The molecule has 1 N–H and O–H groups in total. The number of nitrogens with one attached hydrogen (secondary N) is 1. The van der Waals surface area contributed by atoms with E-state index in [0.29, 0.717) is 4.88 Å². The lowest BCUT2D eigenvalue weighted by Gasteiger charge is -1.98. The number of H-pyrrole nitrogens is 1. The number of aromatic amines is 1. The van der Waals surface area contributed by atoms with Gasteiger partial charge in [0, 0.05) is 29.2 Å². The first kappa shape index (κ1) is 12.7. The van der Waals surface area contributed by atoms with Crippen molar-refractivity contribution in [2.24, 2.45) is 0 Å². The molecule has 3 aromatic rings. The van der Waals surface area contributed by atoms with E-state index in [0.717, 1.165) is 41.0 Å². The van der Waals surface area contributed by atoms with Crippen LogP contribution in [0.5, 0.6) is 0 Å². The first-order valence-corrected chi connectivity index (χ1v) is 7.23. The van der Waals surface area contributed by atoms with E-state index in [-0.39, 0.29) is 0 Å². The highest BCUT2D eigenvalue weighted by molar-refractivity contribution is 7.12. The summed E-state index contributed by atoms with van der Waals surface area (Å²) in [7, 11) is 0. The summed E-state index contributed by atoms with van der Waals surface area (Å²) in [6, 6.07) is 5.80. The second kappa shape index (κ2) is 5.38. The number of rotatable bonds is 4. The van der Waals surface area contributed by atoms with Crippen molar-refractivity contribution >= 4 is 17.6 Å². The van der Waals surface area contributed by atoms with Gasteiger partial charge in [0.15, 0.2) is 6.29 Å². The Morgan fingerprint density at radius 3 is 3.00 bits per heavy atom. The van der Waals surface area contributed by atoms with Crippen LogP contribution in [0.25, 0.3) is 22.6 Å². The minimum absolute atomic E-state index is 0.694. The number of carbonyl (C=O) groups is 1. The topological polar surface area (TPSA) is 58.6 Å². The Morgan fingerprint density at radius 2 is 2.30 bits per heavy atom. The van der Waals surface area contributed by atoms with Crippen LogP contribution < -0.4 is 0 Å².